The quantitative estimate of drug-likeness (QED) is 0.327. The number of aliphatic hydroxyl groups is 1. The zero-order valence-electron chi connectivity index (χ0n) is 15.9. The van der Waals surface area contributed by atoms with E-state index in [1.54, 1.807) is 35.2 Å². The van der Waals surface area contributed by atoms with Crippen LogP contribution in [0.5, 0.6) is 5.75 Å². The lowest BCUT2D eigenvalue weighted by molar-refractivity contribution is 0.181. The number of para-hydroxylation sites is 1. The maximum atomic E-state index is 13.7. The first-order chi connectivity index (χ1) is 13.0. The van der Waals surface area contributed by atoms with E-state index in [9.17, 15) is 13.9 Å². The minimum Gasteiger partial charge on any atom is -0.489 e. The molecule has 8 heteroatoms. The summed E-state index contributed by atoms with van der Waals surface area (Å²) < 4.78 is 32.8. The third-order valence-corrected chi connectivity index (χ3v) is 3.90. The molecule has 0 aliphatic carbocycles. The topological polar surface area (TPSA) is 57.1 Å². The lowest BCUT2D eigenvalue weighted by Gasteiger charge is -2.22. The first-order valence-electron chi connectivity index (χ1n) is 8.82. The Morgan fingerprint density at radius 2 is 1.79 bits per heavy atom. The van der Waals surface area contributed by atoms with Crippen molar-refractivity contribution in [3.63, 3.8) is 0 Å². The van der Waals surface area contributed by atoms with Crippen LogP contribution in [0.1, 0.15) is 18.6 Å². The second-order valence-electron chi connectivity index (χ2n) is 5.93. The molecule has 2 aromatic rings. The summed E-state index contributed by atoms with van der Waals surface area (Å²) in [5.74, 6) is -0.126. The molecule has 0 saturated heterocycles. The normalized spacial score (nSPS) is 12.1. The van der Waals surface area contributed by atoms with Crippen LogP contribution in [0.2, 0.25) is 0 Å². The molecule has 0 saturated carbocycles. The third-order valence-electron chi connectivity index (χ3n) is 3.90. The van der Waals surface area contributed by atoms with Crippen molar-refractivity contribution in [3.05, 3.63) is 65.7 Å². The minimum absolute atomic E-state index is 0. The van der Waals surface area contributed by atoms with Crippen LogP contribution in [0.3, 0.4) is 0 Å². The van der Waals surface area contributed by atoms with Gasteiger partial charge in [0.05, 0.1) is 13.1 Å². The molecule has 2 aromatic carbocycles. The van der Waals surface area contributed by atoms with Crippen LogP contribution in [0.15, 0.2) is 53.5 Å². The summed E-state index contributed by atoms with van der Waals surface area (Å²) in [6, 6.07) is 12.3. The highest BCUT2D eigenvalue weighted by molar-refractivity contribution is 14.0. The molecule has 154 valence electrons. The largest absolute Gasteiger partial charge is 0.489 e. The van der Waals surface area contributed by atoms with Crippen LogP contribution < -0.4 is 10.1 Å². The highest BCUT2D eigenvalue weighted by Crippen LogP contribution is 2.17. The third kappa shape index (κ3) is 7.23. The zero-order chi connectivity index (χ0) is 19.6. The van der Waals surface area contributed by atoms with E-state index < -0.39 is 17.7 Å². The zero-order valence-corrected chi connectivity index (χ0v) is 18.3. The van der Waals surface area contributed by atoms with E-state index in [1.807, 2.05) is 14.0 Å². The number of halogens is 3. The first kappa shape index (κ1) is 24.1. The van der Waals surface area contributed by atoms with E-state index in [2.05, 4.69) is 10.3 Å². The molecule has 0 bridgehead atoms. The van der Waals surface area contributed by atoms with Gasteiger partial charge in [-0.3, -0.25) is 4.99 Å². The highest BCUT2D eigenvalue weighted by Gasteiger charge is 2.13. The monoisotopic (exact) mass is 505 g/mol. The van der Waals surface area contributed by atoms with Crippen LogP contribution >= 0.6 is 24.0 Å². The number of nitrogens with zero attached hydrogens (tertiary/aromatic N) is 2. The molecule has 5 nitrogen and oxygen atoms in total. The van der Waals surface area contributed by atoms with Gasteiger partial charge in [0.15, 0.2) is 17.5 Å². The van der Waals surface area contributed by atoms with Gasteiger partial charge in [-0.15, -0.1) is 24.0 Å². The molecule has 1 unspecified atom stereocenters. The van der Waals surface area contributed by atoms with Crippen LogP contribution in [-0.2, 0) is 0 Å². The highest BCUT2D eigenvalue weighted by atomic mass is 127. The van der Waals surface area contributed by atoms with Crippen LogP contribution in [0, 0.1) is 11.6 Å². The van der Waals surface area contributed by atoms with E-state index >= 15 is 0 Å². The number of benzene rings is 2. The number of ether oxygens (including phenoxy) is 1. The summed E-state index contributed by atoms with van der Waals surface area (Å²) >= 11 is 0. The lowest BCUT2D eigenvalue weighted by atomic mass is 10.1. The summed E-state index contributed by atoms with van der Waals surface area (Å²) in [5, 5.41) is 13.3. The summed E-state index contributed by atoms with van der Waals surface area (Å²) in [7, 11) is 1.81. The van der Waals surface area contributed by atoms with Gasteiger partial charge in [0, 0.05) is 19.2 Å². The lowest BCUT2D eigenvalue weighted by Crippen LogP contribution is -2.41. The minimum atomic E-state index is -1.04. The molecular formula is C20H26F2IN3O2. The van der Waals surface area contributed by atoms with Gasteiger partial charge in [-0.1, -0.05) is 30.3 Å². The van der Waals surface area contributed by atoms with Crippen molar-refractivity contribution < 1.29 is 18.6 Å². The summed E-state index contributed by atoms with van der Waals surface area (Å²) in [4.78, 5) is 6.16. The SMILES string of the molecule is CCNC(=NCC(O)c1ccccc1F)N(C)CCOc1ccccc1F.I. The van der Waals surface area contributed by atoms with Gasteiger partial charge in [-0.2, -0.15) is 0 Å². The number of likely N-dealkylation sites (N-methyl/N-ethyl adjacent to an activating group) is 1. The Bertz CT molecular complexity index is 762. The number of aliphatic hydroxyl groups excluding tert-OH is 1. The Labute approximate surface area is 181 Å². The molecule has 1 atom stereocenters. The number of nitrogens with one attached hydrogen (secondary N) is 1. The van der Waals surface area contributed by atoms with Crippen molar-refractivity contribution in [3.8, 4) is 5.75 Å². The van der Waals surface area contributed by atoms with Gasteiger partial charge in [0.1, 0.15) is 18.5 Å². The van der Waals surface area contributed by atoms with Crippen LogP contribution in [-0.4, -0.2) is 49.3 Å². The molecule has 2 rings (SSSR count). The van der Waals surface area contributed by atoms with Crippen molar-refractivity contribution in [1.29, 1.82) is 0 Å². The Hall–Kier alpha value is -1.94. The summed E-state index contributed by atoms with van der Waals surface area (Å²) in [6.07, 6.45) is -1.04. The van der Waals surface area contributed by atoms with Gasteiger partial charge in [0.25, 0.3) is 0 Å². The predicted octanol–water partition coefficient (Wildman–Crippen LogP) is 3.59. The van der Waals surface area contributed by atoms with Crippen molar-refractivity contribution in [2.75, 3.05) is 33.3 Å². The number of aliphatic imine (C=N–C) groups is 1. The fourth-order valence-corrected chi connectivity index (χ4v) is 2.45. The summed E-state index contributed by atoms with van der Waals surface area (Å²) in [5.41, 5.74) is 0.211. The van der Waals surface area contributed by atoms with Crippen molar-refractivity contribution >= 4 is 29.9 Å². The molecule has 0 fully saturated rings. The van der Waals surface area contributed by atoms with Gasteiger partial charge in [-0.25, -0.2) is 8.78 Å². The van der Waals surface area contributed by atoms with Crippen molar-refractivity contribution in [1.82, 2.24) is 10.2 Å². The second-order valence-corrected chi connectivity index (χ2v) is 5.93. The molecule has 28 heavy (non-hydrogen) atoms. The Balaban J connectivity index is 0.00000392. The molecule has 0 radical (unpaired) electrons. The van der Waals surface area contributed by atoms with E-state index in [1.165, 1.54) is 18.2 Å². The molecule has 0 aliphatic rings. The maximum Gasteiger partial charge on any atom is 0.193 e. The number of guanidine groups is 1. The molecule has 0 spiro atoms. The van der Waals surface area contributed by atoms with Crippen molar-refractivity contribution in [2.45, 2.75) is 13.0 Å². The second kappa shape index (κ2) is 12.5. The van der Waals surface area contributed by atoms with Gasteiger partial charge in [-0.05, 0) is 25.1 Å². The standard InChI is InChI=1S/C20H25F2N3O2.HI/c1-3-23-20(24-14-18(26)15-8-4-5-9-16(15)21)25(2)12-13-27-19-11-7-6-10-17(19)22;/h4-11,18,26H,3,12-14H2,1-2H3,(H,23,24);1H. The number of hydrogen-bond donors (Lipinski definition) is 2. The van der Waals surface area contributed by atoms with Gasteiger partial charge >= 0.3 is 0 Å². The average molecular weight is 505 g/mol. The predicted molar refractivity (Wildman–Crippen MR) is 117 cm³/mol. The fourth-order valence-electron chi connectivity index (χ4n) is 2.45. The van der Waals surface area contributed by atoms with E-state index in [-0.39, 0.29) is 48.4 Å². The summed E-state index contributed by atoms with van der Waals surface area (Å²) in [6.45, 7) is 3.29. The Kier molecular flexibility index (Phi) is 10.8. The van der Waals surface area contributed by atoms with E-state index in [0.717, 1.165) is 0 Å². The van der Waals surface area contributed by atoms with E-state index in [0.29, 0.717) is 19.0 Å². The maximum absolute atomic E-state index is 13.7. The smallest absolute Gasteiger partial charge is 0.193 e. The van der Waals surface area contributed by atoms with Gasteiger partial charge < -0.3 is 20.1 Å². The molecule has 0 heterocycles. The molecule has 0 aromatic heterocycles. The fraction of sp³-hybridized carbons (Fsp3) is 0.350. The Morgan fingerprint density at radius 3 is 2.43 bits per heavy atom. The molecular weight excluding hydrogens is 479 g/mol. The Morgan fingerprint density at radius 1 is 1.14 bits per heavy atom. The average Bonchev–Trinajstić information content (AvgIpc) is 2.66. The number of rotatable bonds is 8. The molecule has 2 N–H and O–H groups in total. The van der Waals surface area contributed by atoms with Crippen LogP contribution in [0.25, 0.3) is 0 Å². The first-order valence-corrected chi connectivity index (χ1v) is 8.82. The molecule has 0 amide bonds. The molecule has 0 aliphatic heterocycles. The van der Waals surface area contributed by atoms with Gasteiger partial charge in [0.2, 0.25) is 0 Å². The van der Waals surface area contributed by atoms with Crippen LogP contribution in [0.4, 0.5) is 8.78 Å². The number of hydrogen-bond acceptors (Lipinski definition) is 3. The van der Waals surface area contributed by atoms with Crippen molar-refractivity contribution in [2.24, 2.45) is 4.99 Å². The van der Waals surface area contributed by atoms with E-state index in [4.69, 9.17) is 4.74 Å².